The molecule has 1 heterocycles. The monoisotopic (exact) mass is 268 g/mol. The Bertz CT molecular complexity index is 340. The van der Waals surface area contributed by atoms with Crippen molar-refractivity contribution in [3.05, 3.63) is 0 Å². The largest absolute Gasteiger partial charge is 0.379 e. The van der Waals surface area contributed by atoms with E-state index < -0.39 is 0 Å². The molecule has 108 valence electrons. The standard InChI is InChI=1S/C14H24N2O3/c1-10(17)15-12-6-5-11(9-13(12)19-2)14(18)16-7-3-4-8-16/h11-13H,3-9H2,1-2H3,(H,15,17)/t11-,12+,13+/m0/s1. The van der Waals surface area contributed by atoms with Crippen molar-refractivity contribution in [2.45, 2.75) is 51.2 Å². The highest BCUT2D eigenvalue weighted by Gasteiger charge is 2.36. The van der Waals surface area contributed by atoms with E-state index in [2.05, 4.69) is 5.32 Å². The van der Waals surface area contributed by atoms with E-state index in [0.717, 1.165) is 45.2 Å². The predicted octanol–water partition coefficient (Wildman–Crippen LogP) is 0.929. The van der Waals surface area contributed by atoms with Gasteiger partial charge in [-0.2, -0.15) is 0 Å². The van der Waals surface area contributed by atoms with E-state index in [1.54, 1.807) is 7.11 Å². The fourth-order valence-corrected chi connectivity index (χ4v) is 3.24. The van der Waals surface area contributed by atoms with Gasteiger partial charge in [0.05, 0.1) is 12.1 Å². The lowest BCUT2D eigenvalue weighted by atomic mass is 9.83. The van der Waals surface area contributed by atoms with E-state index in [-0.39, 0.29) is 29.9 Å². The molecule has 0 spiro atoms. The molecule has 5 heteroatoms. The van der Waals surface area contributed by atoms with Crippen molar-refractivity contribution >= 4 is 11.8 Å². The quantitative estimate of drug-likeness (QED) is 0.828. The Hall–Kier alpha value is -1.10. The van der Waals surface area contributed by atoms with E-state index in [4.69, 9.17) is 4.74 Å². The molecule has 19 heavy (non-hydrogen) atoms. The summed E-state index contributed by atoms with van der Waals surface area (Å²) in [6, 6.07) is 0.0464. The Balaban J connectivity index is 1.92. The number of hydrogen-bond acceptors (Lipinski definition) is 3. The molecular formula is C14H24N2O3. The summed E-state index contributed by atoms with van der Waals surface area (Å²) in [5.41, 5.74) is 0. The predicted molar refractivity (Wildman–Crippen MR) is 71.6 cm³/mol. The zero-order chi connectivity index (χ0) is 13.8. The van der Waals surface area contributed by atoms with Gasteiger partial charge in [-0.15, -0.1) is 0 Å². The first kappa shape index (κ1) is 14.3. The van der Waals surface area contributed by atoms with Gasteiger partial charge < -0.3 is 15.0 Å². The number of rotatable bonds is 3. The molecule has 1 aliphatic heterocycles. The smallest absolute Gasteiger partial charge is 0.225 e. The molecule has 2 rings (SSSR count). The van der Waals surface area contributed by atoms with Crippen LogP contribution in [0.3, 0.4) is 0 Å². The topological polar surface area (TPSA) is 58.6 Å². The first-order chi connectivity index (χ1) is 9.11. The van der Waals surface area contributed by atoms with Crippen molar-refractivity contribution in [3.63, 3.8) is 0 Å². The molecule has 0 aromatic carbocycles. The van der Waals surface area contributed by atoms with Gasteiger partial charge in [0, 0.05) is 33.0 Å². The average Bonchev–Trinajstić information content (AvgIpc) is 2.91. The molecule has 3 atom stereocenters. The van der Waals surface area contributed by atoms with Crippen LogP contribution in [0.1, 0.15) is 39.0 Å². The number of carbonyl (C=O) groups excluding carboxylic acids is 2. The molecule has 2 amide bonds. The second-order valence-corrected chi connectivity index (χ2v) is 5.62. The van der Waals surface area contributed by atoms with Gasteiger partial charge in [0.25, 0.3) is 0 Å². The van der Waals surface area contributed by atoms with Gasteiger partial charge in [-0.05, 0) is 32.1 Å². The first-order valence-electron chi connectivity index (χ1n) is 7.20. The van der Waals surface area contributed by atoms with Crippen molar-refractivity contribution in [2.75, 3.05) is 20.2 Å². The summed E-state index contributed by atoms with van der Waals surface area (Å²) in [4.78, 5) is 25.5. The highest BCUT2D eigenvalue weighted by molar-refractivity contribution is 5.79. The number of likely N-dealkylation sites (tertiary alicyclic amines) is 1. The van der Waals surface area contributed by atoms with Gasteiger partial charge in [0.2, 0.25) is 11.8 Å². The van der Waals surface area contributed by atoms with Crippen LogP contribution in [-0.2, 0) is 14.3 Å². The summed E-state index contributed by atoms with van der Waals surface area (Å²) < 4.78 is 5.46. The van der Waals surface area contributed by atoms with Crippen LogP contribution in [-0.4, -0.2) is 49.1 Å². The number of methoxy groups -OCH3 is 1. The molecule has 0 aromatic rings. The van der Waals surface area contributed by atoms with Crippen molar-refractivity contribution in [1.29, 1.82) is 0 Å². The normalized spacial score (nSPS) is 31.3. The fourth-order valence-electron chi connectivity index (χ4n) is 3.24. The van der Waals surface area contributed by atoms with Crippen molar-refractivity contribution in [2.24, 2.45) is 5.92 Å². The first-order valence-corrected chi connectivity index (χ1v) is 7.20. The molecular weight excluding hydrogens is 244 g/mol. The maximum absolute atomic E-state index is 12.4. The SMILES string of the molecule is CO[C@@H]1C[C@@H](C(=O)N2CCCC2)CC[C@H]1NC(C)=O. The average molecular weight is 268 g/mol. The zero-order valence-electron chi connectivity index (χ0n) is 11.9. The molecule has 5 nitrogen and oxygen atoms in total. The zero-order valence-corrected chi connectivity index (χ0v) is 11.9. The molecule has 2 aliphatic rings. The third kappa shape index (κ3) is 3.47. The lowest BCUT2D eigenvalue weighted by Gasteiger charge is -2.36. The number of carbonyl (C=O) groups is 2. The summed E-state index contributed by atoms with van der Waals surface area (Å²) in [6.07, 6.45) is 4.59. The van der Waals surface area contributed by atoms with Crippen LogP contribution in [0, 0.1) is 5.92 Å². The minimum absolute atomic E-state index is 0.0311. The van der Waals surface area contributed by atoms with Crippen molar-refractivity contribution in [1.82, 2.24) is 10.2 Å². The molecule has 1 saturated heterocycles. The summed E-state index contributed by atoms with van der Waals surface area (Å²) in [6.45, 7) is 3.33. The molecule has 1 aliphatic carbocycles. The third-order valence-corrected chi connectivity index (χ3v) is 4.25. The number of hydrogen-bond donors (Lipinski definition) is 1. The summed E-state index contributed by atoms with van der Waals surface area (Å²) in [5, 5.41) is 2.92. The molecule has 1 N–H and O–H groups in total. The van der Waals surface area contributed by atoms with Gasteiger partial charge >= 0.3 is 0 Å². The molecule has 1 saturated carbocycles. The maximum atomic E-state index is 12.4. The number of amides is 2. The number of nitrogens with one attached hydrogen (secondary N) is 1. The Labute approximate surface area is 114 Å². The molecule has 2 fully saturated rings. The minimum Gasteiger partial charge on any atom is -0.379 e. The highest BCUT2D eigenvalue weighted by Crippen LogP contribution is 2.29. The summed E-state index contributed by atoms with van der Waals surface area (Å²) in [7, 11) is 1.65. The molecule has 0 aromatic heterocycles. The number of nitrogens with zero attached hydrogens (tertiary/aromatic N) is 1. The highest BCUT2D eigenvalue weighted by atomic mass is 16.5. The van der Waals surface area contributed by atoms with E-state index in [1.807, 2.05) is 4.90 Å². The van der Waals surface area contributed by atoms with E-state index in [0.29, 0.717) is 0 Å². The third-order valence-electron chi connectivity index (χ3n) is 4.25. The Morgan fingerprint density at radius 1 is 1.21 bits per heavy atom. The summed E-state index contributed by atoms with van der Waals surface area (Å²) in [5.74, 6) is 0.310. The lowest BCUT2D eigenvalue weighted by molar-refractivity contribution is -0.137. The van der Waals surface area contributed by atoms with Crippen LogP contribution in [0.2, 0.25) is 0 Å². The second-order valence-electron chi connectivity index (χ2n) is 5.62. The molecule has 0 radical (unpaired) electrons. The van der Waals surface area contributed by atoms with Crippen LogP contribution in [0.4, 0.5) is 0 Å². The van der Waals surface area contributed by atoms with Crippen LogP contribution < -0.4 is 5.32 Å². The van der Waals surface area contributed by atoms with Crippen LogP contribution in [0.5, 0.6) is 0 Å². The number of ether oxygens (including phenoxy) is 1. The Morgan fingerprint density at radius 2 is 1.89 bits per heavy atom. The molecule has 0 bridgehead atoms. The fraction of sp³-hybridized carbons (Fsp3) is 0.857. The van der Waals surface area contributed by atoms with Crippen molar-refractivity contribution in [3.8, 4) is 0 Å². The second kappa shape index (κ2) is 6.37. The van der Waals surface area contributed by atoms with Crippen LogP contribution in [0.15, 0.2) is 0 Å². The van der Waals surface area contributed by atoms with Gasteiger partial charge in [-0.25, -0.2) is 0 Å². The van der Waals surface area contributed by atoms with E-state index in [1.165, 1.54) is 6.92 Å². The molecule has 0 unspecified atom stereocenters. The van der Waals surface area contributed by atoms with Gasteiger partial charge in [-0.1, -0.05) is 0 Å². The summed E-state index contributed by atoms with van der Waals surface area (Å²) >= 11 is 0. The minimum atomic E-state index is -0.0470. The van der Waals surface area contributed by atoms with Gasteiger partial charge in [-0.3, -0.25) is 9.59 Å². The Kier molecular flexibility index (Phi) is 4.80. The Morgan fingerprint density at radius 3 is 2.47 bits per heavy atom. The van der Waals surface area contributed by atoms with Crippen LogP contribution in [0.25, 0.3) is 0 Å². The lowest BCUT2D eigenvalue weighted by Crippen LogP contribution is -2.49. The van der Waals surface area contributed by atoms with E-state index in [9.17, 15) is 9.59 Å². The van der Waals surface area contributed by atoms with Crippen molar-refractivity contribution < 1.29 is 14.3 Å². The van der Waals surface area contributed by atoms with Crippen LogP contribution >= 0.6 is 0 Å². The maximum Gasteiger partial charge on any atom is 0.225 e. The van der Waals surface area contributed by atoms with Gasteiger partial charge in [0.1, 0.15) is 0 Å². The van der Waals surface area contributed by atoms with Gasteiger partial charge in [0.15, 0.2) is 0 Å². The van der Waals surface area contributed by atoms with E-state index >= 15 is 0 Å².